The van der Waals surface area contributed by atoms with Crippen LogP contribution in [0.15, 0.2) is 12.1 Å². The van der Waals surface area contributed by atoms with Crippen LogP contribution in [-0.2, 0) is 11.3 Å². The van der Waals surface area contributed by atoms with Crippen molar-refractivity contribution >= 4 is 0 Å². The van der Waals surface area contributed by atoms with Gasteiger partial charge in [0.25, 0.3) is 0 Å². The normalized spacial score (nSPS) is 20.1. The fourth-order valence-corrected chi connectivity index (χ4v) is 2.61. The van der Waals surface area contributed by atoms with Crippen molar-refractivity contribution < 1.29 is 4.74 Å². The average molecular weight is 248 g/mol. The number of benzene rings is 1. The SMILES string of the molecule is Cc1cc(C)c(CNCC2COCCN2)c(C)c1. The molecule has 3 heteroatoms. The van der Waals surface area contributed by atoms with Crippen molar-refractivity contribution in [3.05, 3.63) is 34.4 Å². The van der Waals surface area contributed by atoms with E-state index in [9.17, 15) is 0 Å². The van der Waals surface area contributed by atoms with E-state index < -0.39 is 0 Å². The van der Waals surface area contributed by atoms with Crippen LogP contribution in [0.25, 0.3) is 0 Å². The van der Waals surface area contributed by atoms with Crippen LogP contribution in [0.4, 0.5) is 0 Å². The van der Waals surface area contributed by atoms with Gasteiger partial charge in [0.2, 0.25) is 0 Å². The molecule has 0 aromatic heterocycles. The van der Waals surface area contributed by atoms with Gasteiger partial charge in [-0.15, -0.1) is 0 Å². The number of morpholine rings is 1. The minimum absolute atomic E-state index is 0.449. The fraction of sp³-hybridized carbons (Fsp3) is 0.600. The van der Waals surface area contributed by atoms with Crippen molar-refractivity contribution in [3.8, 4) is 0 Å². The number of hydrogen-bond donors (Lipinski definition) is 2. The van der Waals surface area contributed by atoms with E-state index >= 15 is 0 Å². The van der Waals surface area contributed by atoms with Gasteiger partial charge in [-0.2, -0.15) is 0 Å². The second-order valence-corrected chi connectivity index (χ2v) is 5.23. The molecule has 1 heterocycles. The van der Waals surface area contributed by atoms with Gasteiger partial charge in [-0.25, -0.2) is 0 Å². The first-order chi connectivity index (χ1) is 8.66. The van der Waals surface area contributed by atoms with Gasteiger partial charge in [-0.3, -0.25) is 0 Å². The summed E-state index contributed by atoms with van der Waals surface area (Å²) in [4.78, 5) is 0. The maximum atomic E-state index is 5.45. The number of aryl methyl sites for hydroxylation is 3. The average Bonchev–Trinajstić information content (AvgIpc) is 2.34. The first-order valence-electron chi connectivity index (χ1n) is 6.75. The molecule has 1 unspecified atom stereocenters. The molecule has 1 aliphatic heterocycles. The molecule has 0 radical (unpaired) electrons. The summed E-state index contributed by atoms with van der Waals surface area (Å²) in [5.74, 6) is 0. The van der Waals surface area contributed by atoms with Gasteiger partial charge in [0, 0.05) is 25.7 Å². The van der Waals surface area contributed by atoms with E-state index in [0.29, 0.717) is 6.04 Å². The smallest absolute Gasteiger partial charge is 0.0632 e. The number of ether oxygens (including phenoxy) is 1. The molecular weight excluding hydrogens is 224 g/mol. The van der Waals surface area contributed by atoms with Gasteiger partial charge in [-0.1, -0.05) is 17.7 Å². The van der Waals surface area contributed by atoms with Gasteiger partial charge >= 0.3 is 0 Å². The third kappa shape index (κ3) is 3.55. The predicted molar refractivity (Wildman–Crippen MR) is 75.0 cm³/mol. The maximum absolute atomic E-state index is 5.45. The molecule has 1 aromatic rings. The Balaban J connectivity index is 1.86. The van der Waals surface area contributed by atoms with Crippen LogP contribution in [0.5, 0.6) is 0 Å². The highest BCUT2D eigenvalue weighted by atomic mass is 16.5. The van der Waals surface area contributed by atoms with Crippen molar-refractivity contribution in [2.75, 3.05) is 26.3 Å². The van der Waals surface area contributed by atoms with Gasteiger partial charge in [-0.05, 0) is 37.5 Å². The van der Waals surface area contributed by atoms with E-state index in [1.807, 2.05) is 0 Å². The van der Waals surface area contributed by atoms with Gasteiger partial charge in [0.05, 0.1) is 13.2 Å². The minimum Gasteiger partial charge on any atom is -0.378 e. The maximum Gasteiger partial charge on any atom is 0.0632 e. The molecule has 100 valence electrons. The molecule has 2 rings (SSSR count). The van der Waals surface area contributed by atoms with Crippen LogP contribution in [0, 0.1) is 20.8 Å². The van der Waals surface area contributed by atoms with E-state index in [0.717, 1.165) is 32.8 Å². The summed E-state index contributed by atoms with van der Waals surface area (Å²) in [6.07, 6.45) is 0. The largest absolute Gasteiger partial charge is 0.378 e. The molecular formula is C15H24N2O. The second-order valence-electron chi connectivity index (χ2n) is 5.23. The Kier molecular flexibility index (Phi) is 4.75. The molecule has 1 saturated heterocycles. The zero-order valence-electron chi connectivity index (χ0n) is 11.7. The molecule has 0 saturated carbocycles. The summed E-state index contributed by atoms with van der Waals surface area (Å²) < 4.78 is 5.45. The van der Waals surface area contributed by atoms with Crippen molar-refractivity contribution in [2.24, 2.45) is 0 Å². The lowest BCUT2D eigenvalue weighted by Crippen LogP contribution is -2.47. The quantitative estimate of drug-likeness (QED) is 0.851. The van der Waals surface area contributed by atoms with E-state index in [-0.39, 0.29) is 0 Å². The van der Waals surface area contributed by atoms with Gasteiger partial charge in [0.15, 0.2) is 0 Å². The second kappa shape index (κ2) is 6.32. The predicted octanol–water partition coefficient (Wildman–Crippen LogP) is 1.69. The van der Waals surface area contributed by atoms with E-state index in [1.54, 1.807) is 0 Å². The molecule has 18 heavy (non-hydrogen) atoms. The lowest BCUT2D eigenvalue weighted by atomic mass is 10.00. The standard InChI is InChI=1S/C15H24N2O/c1-11-6-12(2)15(13(3)7-11)9-16-8-14-10-18-5-4-17-14/h6-7,14,16-17H,4-5,8-10H2,1-3H3. The molecule has 1 aliphatic rings. The molecule has 1 atom stereocenters. The van der Waals surface area contributed by atoms with Crippen LogP contribution in [-0.4, -0.2) is 32.3 Å². The molecule has 3 nitrogen and oxygen atoms in total. The molecule has 2 N–H and O–H groups in total. The number of hydrogen-bond acceptors (Lipinski definition) is 3. The zero-order valence-corrected chi connectivity index (χ0v) is 11.7. The summed E-state index contributed by atoms with van der Waals surface area (Å²) in [6, 6.07) is 4.96. The highest BCUT2D eigenvalue weighted by Gasteiger charge is 2.12. The Bertz CT molecular complexity index is 374. The Morgan fingerprint density at radius 1 is 1.28 bits per heavy atom. The first kappa shape index (κ1) is 13.5. The zero-order chi connectivity index (χ0) is 13.0. The molecule has 0 amide bonds. The van der Waals surface area contributed by atoms with Crippen molar-refractivity contribution in [1.29, 1.82) is 0 Å². The molecule has 0 spiro atoms. The summed E-state index contributed by atoms with van der Waals surface area (Å²) in [7, 11) is 0. The van der Waals surface area contributed by atoms with Crippen LogP contribution < -0.4 is 10.6 Å². The van der Waals surface area contributed by atoms with Gasteiger partial charge in [0.1, 0.15) is 0 Å². The van der Waals surface area contributed by atoms with Gasteiger partial charge < -0.3 is 15.4 Å². The van der Waals surface area contributed by atoms with Crippen molar-refractivity contribution in [1.82, 2.24) is 10.6 Å². The summed E-state index contributed by atoms with van der Waals surface area (Å²) in [5, 5.41) is 6.99. The highest BCUT2D eigenvalue weighted by molar-refractivity contribution is 5.37. The molecule has 1 aromatic carbocycles. The Morgan fingerprint density at radius 2 is 2.00 bits per heavy atom. The van der Waals surface area contributed by atoms with Crippen molar-refractivity contribution in [2.45, 2.75) is 33.4 Å². The third-order valence-corrected chi connectivity index (χ3v) is 3.53. The van der Waals surface area contributed by atoms with Crippen LogP contribution in [0.1, 0.15) is 22.3 Å². The summed E-state index contributed by atoms with van der Waals surface area (Å²) in [5.41, 5.74) is 5.54. The van der Waals surface area contributed by atoms with E-state index in [4.69, 9.17) is 4.74 Å². The highest BCUT2D eigenvalue weighted by Crippen LogP contribution is 2.15. The fourth-order valence-electron chi connectivity index (χ4n) is 2.61. The number of rotatable bonds is 4. The summed E-state index contributed by atoms with van der Waals surface area (Å²) >= 11 is 0. The van der Waals surface area contributed by atoms with E-state index in [1.165, 1.54) is 22.3 Å². The summed E-state index contributed by atoms with van der Waals surface area (Å²) in [6.45, 7) is 11.1. The Labute approximate surface area is 110 Å². The third-order valence-electron chi connectivity index (χ3n) is 3.53. The minimum atomic E-state index is 0.449. The molecule has 0 bridgehead atoms. The Hall–Kier alpha value is -0.900. The molecule has 1 fully saturated rings. The lowest BCUT2D eigenvalue weighted by Gasteiger charge is -2.24. The van der Waals surface area contributed by atoms with E-state index in [2.05, 4.69) is 43.5 Å². The Morgan fingerprint density at radius 3 is 2.61 bits per heavy atom. The van der Waals surface area contributed by atoms with Crippen LogP contribution in [0.3, 0.4) is 0 Å². The van der Waals surface area contributed by atoms with Crippen LogP contribution >= 0.6 is 0 Å². The van der Waals surface area contributed by atoms with Crippen LogP contribution in [0.2, 0.25) is 0 Å². The molecule has 0 aliphatic carbocycles. The lowest BCUT2D eigenvalue weighted by molar-refractivity contribution is 0.0766. The first-order valence-corrected chi connectivity index (χ1v) is 6.75. The van der Waals surface area contributed by atoms with Crippen molar-refractivity contribution in [3.63, 3.8) is 0 Å². The monoisotopic (exact) mass is 248 g/mol. The number of nitrogens with one attached hydrogen (secondary N) is 2. The topological polar surface area (TPSA) is 33.3 Å².